The summed E-state index contributed by atoms with van der Waals surface area (Å²) in [7, 11) is 0. The molecule has 1 fully saturated rings. The first-order valence-corrected chi connectivity index (χ1v) is 10.00. The maximum Gasteiger partial charge on any atom is 0.335 e. The number of amides is 2. The number of thioether (sulfide) groups is 1. The van der Waals surface area contributed by atoms with Crippen LogP contribution < -0.4 is 4.74 Å². The first-order valence-electron chi connectivity index (χ1n) is 8.39. The van der Waals surface area contributed by atoms with E-state index < -0.39 is 5.97 Å². The van der Waals surface area contributed by atoms with Gasteiger partial charge >= 0.3 is 5.97 Å². The number of ether oxygens (including phenoxy) is 1. The van der Waals surface area contributed by atoms with E-state index >= 15 is 0 Å². The molecule has 0 aliphatic carbocycles. The lowest BCUT2D eigenvalue weighted by Crippen LogP contribution is -2.27. The van der Waals surface area contributed by atoms with Crippen LogP contribution in [0.1, 0.15) is 28.4 Å². The summed E-state index contributed by atoms with van der Waals surface area (Å²) < 4.78 is 6.45. The van der Waals surface area contributed by atoms with E-state index in [0.29, 0.717) is 21.7 Å². The van der Waals surface area contributed by atoms with Crippen molar-refractivity contribution in [1.82, 2.24) is 4.90 Å². The zero-order valence-corrected chi connectivity index (χ0v) is 17.2. The smallest absolute Gasteiger partial charge is 0.335 e. The van der Waals surface area contributed by atoms with Crippen LogP contribution in [-0.2, 0) is 11.4 Å². The van der Waals surface area contributed by atoms with Gasteiger partial charge in [0.1, 0.15) is 12.4 Å². The van der Waals surface area contributed by atoms with Crippen LogP contribution in [0.2, 0.25) is 0 Å². The minimum absolute atomic E-state index is 0.205. The van der Waals surface area contributed by atoms with Gasteiger partial charge in [-0.25, -0.2) is 4.79 Å². The summed E-state index contributed by atoms with van der Waals surface area (Å²) in [6.45, 7) is 2.32. The highest BCUT2D eigenvalue weighted by atomic mass is 79.9. The predicted molar refractivity (Wildman–Crippen MR) is 110 cm³/mol. The van der Waals surface area contributed by atoms with Gasteiger partial charge in [-0.05, 0) is 76.1 Å². The third-order valence-corrected chi connectivity index (χ3v) is 5.54. The van der Waals surface area contributed by atoms with E-state index in [1.165, 1.54) is 11.0 Å². The molecular weight excluding hydrogens is 446 g/mol. The van der Waals surface area contributed by atoms with Gasteiger partial charge in [-0.2, -0.15) is 0 Å². The standard InChI is InChI=1S/C20H16BrNO5S/c1-2-22-18(23)17(28-20(22)26)10-12-6-7-16(15(21)9-12)27-11-13-4-3-5-14(8-13)19(24)25/h3-10H,2,11H2,1H3,(H,24,25). The average Bonchev–Trinajstić information content (AvgIpc) is 2.94. The molecular formula is C20H16BrNO5S. The number of imide groups is 1. The summed E-state index contributed by atoms with van der Waals surface area (Å²) in [4.78, 5) is 36.6. The van der Waals surface area contributed by atoms with Crippen LogP contribution in [-0.4, -0.2) is 33.7 Å². The number of carbonyl (C=O) groups is 3. The van der Waals surface area contributed by atoms with E-state index in [-0.39, 0.29) is 23.3 Å². The fraction of sp³-hybridized carbons (Fsp3) is 0.150. The van der Waals surface area contributed by atoms with Crippen LogP contribution in [0.25, 0.3) is 6.08 Å². The summed E-state index contributed by atoms with van der Waals surface area (Å²) in [6.07, 6.45) is 1.67. The van der Waals surface area contributed by atoms with Crippen LogP contribution in [0.4, 0.5) is 4.79 Å². The number of nitrogens with zero attached hydrogens (tertiary/aromatic N) is 1. The molecule has 0 spiro atoms. The molecule has 1 saturated heterocycles. The third kappa shape index (κ3) is 4.45. The van der Waals surface area contributed by atoms with Gasteiger partial charge in [-0.1, -0.05) is 18.2 Å². The average molecular weight is 462 g/mol. The first-order chi connectivity index (χ1) is 13.4. The van der Waals surface area contributed by atoms with Gasteiger partial charge < -0.3 is 9.84 Å². The van der Waals surface area contributed by atoms with Crippen molar-refractivity contribution < 1.29 is 24.2 Å². The highest BCUT2D eigenvalue weighted by Gasteiger charge is 2.33. The molecule has 0 saturated carbocycles. The van der Waals surface area contributed by atoms with Crippen LogP contribution in [0.15, 0.2) is 51.8 Å². The molecule has 2 aromatic rings. The molecule has 2 amide bonds. The minimum Gasteiger partial charge on any atom is -0.488 e. The number of carbonyl (C=O) groups excluding carboxylic acids is 2. The lowest BCUT2D eigenvalue weighted by atomic mass is 10.1. The molecule has 28 heavy (non-hydrogen) atoms. The van der Waals surface area contributed by atoms with E-state index in [1.807, 2.05) is 0 Å². The van der Waals surface area contributed by atoms with Gasteiger partial charge in [0.05, 0.1) is 14.9 Å². The number of carboxylic acid groups (broad SMARTS) is 1. The zero-order valence-electron chi connectivity index (χ0n) is 14.8. The van der Waals surface area contributed by atoms with Crippen molar-refractivity contribution in [3.8, 4) is 5.75 Å². The highest BCUT2D eigenvalue weighted by molar-refractivity contribution is 9.10. The fourth-order valence-corrected chi connectivity index (χ4v) is 4.02. The Balaban J connectivity index is 1.72. The van der Waals surface area contributed by atoms with E-state index in [9.17, 15) is 14.4 Å². The normalized spacial score (nSPS) is 15.4. The number of likely N-dealkylation sites (N-methyl/N-ethyl adjacent to an activating group) is 1. The van der Waals surface area contributed by atoms with E-state index in [2.05, 4.69) is 15.9 Å². The van der Waals surface area contributed by atoms with E-state index in [0.717, 1.165) is 22.9 Å². The molecule has 1 heterocycles. The highest BCUT2D eigenvalue weighted by Crippen LogP contribution is 2.33. The van der Waals surface area contributed by atoms with Gasteiger partial charge in [0.2, 0.25) is 0 Å². The van der Waals surface area contributed by atoms with Crippen molar-refractivity contribution in [3.05, 3.63) is 68.5 Å². The second-order valence-electron chi connectivity index (χ2n) is 5.91. The predicted octanol–water partition coefficient (Wildman–Crippen LogP) is 4.78. The molecule has 0 radical (unpaired) electrons. The van der Waals surface area contributed by atoms with Gasteiger partial charge in [-0.3, -0.25) is 14.5 Å². The maximum absolute atomic E-state index is 12.2. The molecule has 1 aliphatic heterocycles. The number of rotatable bonds is 6. The SMILES string of the molecule is CCN1C(=O)SC(=Cc2ccc(OCc3cccc(C(=O)O)c3)c(Br)c2)C1=O. The molecule has 3 rings (SSSR count). The van der Waals surface area contributed by atoms with Crippen LogP contribution in [0.3, 0.4) is 0 Å². The Morgan fingerprint density at radius 2 is 2.04 bits per heavy atom. The summed E-state index contributed by atoms with van der Waals surface area (Å²) in [6, 6.07) is 11.9. The molecule has 8 heteroatoms. The maximum atomic E-state index is 12.2. The van der Waals surface area contributed by atoms with Crippen molar-refractivity contribution in [1.29, 1.82) is 0 Å². The quantitative estimate of drug-likeness (QED) is 0.622. The van der Waals surface area contributed by atoms with Gasteiger partial charge in [0.15, 0.2) is 0 Å². The Bertz CT molecular complexity index is 988. The lowest BCUT2D eigenvalue weighted by molar-refractivity contribution is -0.122. The van der Waals surface area contributed by atoms with Crippen molar-refractivity contribution in [2.75, 3.05) is 6.54 Å². The van der Waals surface area contributed by atoms with Gasteiger partial charge in [0.25, 0.3) is 11.1 Å². The minimum atomic E-state index is -0.986. The first kappa shape index (κ1) is 20.2. The summed E-state index contributed by atoms with van der Waals surface area (Å²) in [5.41, 5.74) is 1.70. The molecule has 2 aromatic carbocycles. The largest absolute Gasteiger partial charge is 0.488 e. The second kappa shape index (κ2) is 8.62. The van der Waals surface area contributed by atoms with Crippen LogP contribution >= 0.6 is 27.7 Å². The zero-order chi connectivity index (χ0) is 20.3. The lowest BCUT2D eigenvalue weighted by Gasteiger charge is -2.10. The number of halogens is 1. The van der Waals surface area contributed by atoms with Gasteiger partial charge in [0, 0.05) is 6.54 Å². The van der Waals surface area contributed by atoms with Crippen molar-refractivity contribution in [3.63, 3.8) is 0 Å². The number of aromatic carboxylic acids is 1. The molecule has 1 aliphatic rings. The Kier molecular flexibility index (Phi) is 6.21. The number of hydrogen-bond donors (Lipinski definition) is 1. The molecule has 0 aromatic heterocycles. The van der Waals surface area contributed by atoms with Crippen LogP contribution in [0.5, 0.6) is 5.75 Å². The van der Waals surface area contributed by atoms with Crippen LogP contribution in [0, 0.1) is 0 Å². The summed E-state index contributed by atoms with van der Waals surface area (Å²) >= 11 is 4.37. The molecule has 0 bridgehead atoms. The number of benzene rings is 2. The monoisotopic (exact) mass is 461 g/mol. The molecule has 6 nitrogen and oxygen atoms in total. The number of hydrogen-bond acceptors (Lipinski definition) is 5. The topological polar surface area (TPSA) is 83.9 Å². The third-order valence-electron chi connectivity index (χ3n) is 4.01. The molecule has 0 atom stereocenters. The van der Waals surface area contributed by atoms with Crippen molar-refractivity contribution >= 4 is 50.9 Å². The Morgan fingerprint density at radius 1 is 1.25 bits per heavy atom. The second-order valence-corrected chi connectivity index (χ2v) is 7.76. The Labute approximate surface area is 174 Å². The molecule has 1 N–H and O–H groups in total. The summed E-state index contributed by atoms with van der Waals surface area (Å²) in [5, 5.41) is 8.79. The van der Waals surface area contributed by atoms with Gasteiger partial charge in [-0.15, -0.1) is 0 Å². The number of carboxylic acids is 1. The summed E-state index contributed by atoms with van der Waals surface area (Å²) in [5.74, 6) is -0.688. The Hall–Kier alpha value is -2.58. The fourth-order valence-electron chi connectivity index (χ4n) is 2.60. The Morgan fingerprint density at radius 3 is 2.68 bits per heavy atom. The molecule has 144 valence electrons. The van der Waals surface area contributed by atoms with Crippen molar-refractivity contribution in [2.45, 2.75) is 13.5 Å². The van der Waals surface area contributed by atoms with Crippen molar-refractivity contribution in [2.24, 2.45) is 0 Å². The molecule has 0 unspecified atom stereocenters. The van der Waals surface area contributed by atoms with E-state index in [1.54, 1.807) is 49.4 Å². The van der Waals surface area contributed by atoms with E-state index in [4.69, 9.17) is 9.84 Å².